The number of aromatic nitrogens is 3. The molecule has 1 aliphatic carbocycles. The molecule has 10 atom stereocenters. The number of aliphatic hydroxyl groups excluding tert-OH is 5. The van der Waals surface area contributed by atoms with Crippen molar-refractivity contribution < 1.29 is 54.0 Å². The minimum Gasteiger partial charge on any atom is -0.475 e. The van der Waals surface area contributed by atoms with Gasteiger partial charge in [0.15, 0.2) is 6.29 Å². The van der Waals surface area contributed by atoms with E-state index in [1.165, 1.54) is 25.6 Å². The third-order valence-corrected chi connectivity index (χ3v) is 11.8. The Labute approximate surface area is 261 Å². The smallest absolute Gasteiger partial charge is 0.370 e. The average Bonchev–Trinajstić information content (AvgIpc) is 2.94. The molecule has 1 aromatic heterocycles. The van der Waals surface area contributed by atoms with Crippen LogP contribution in [0.1, 0.15) is 19.2 Å². The number of carboxylic acid groups (broad SMARTS) is 1. The van der Waals surface area contributed by atoms with E-state index < -0.39 is 78.6 Å². The Hall–Kier alpha value is -1.56. The van der Waals surface area contributed by atoms with E-state index in [0.29, 0.717) is 11.6 Å². The molecule has 3 rings (SSSR count). The third kappa shape index (κ3) is 10.8. The van der Waals surface area contributed by atoms with Crippen molar-refractivity contribution in [1.29, 1.82) is 0 Å². The Morgan fingerprint density at radius 2 is 1.53 bits per heavy atom. The number of rotatable bonds is 8. The van der Waals surface area contributed by atoms with Gasteiger partial charge in [-0.3, -0.25) is 4.99 Å². The maximum absolute atomic E-state index is 10.8. The number of aliphatic carboxylic acids is 1. The maximum atomic E-state index is 10.8. The molecule has 1 aliphatic heterocycles. The minimum atomic E-state index is -2.31. The molecular formula is C20H38ClN8O11PS2. The van der Waals surface area contributed by atoms with Crippen LogP contribution in [-0.4, -0.2) is 133 Å². The molecule has 43 heavy (non-hydrogen) atoms. The quantitative estimate of drug-likeness (QED) is 0.0721. The molecule has 1 saturated carbocycles. The van der Waals surface area contributed by atoms with Gasteiger partial charge in [-0.25, -0.2) is 4.79 Å². The summed E-state index contributed by atoms with van der Waals surface area (Å²) in [7, 11) is 3.01. The third-order valence-electron chi connectivity index (χ3n) is 6.16. The van der Waals surface area contributed by atoms with Crippen molar-refractivity contribution >= 4 is 65.0 Å². The predicted octanol–water partition coefficient (Wildman–Crippen LogP) is -3.33. The first-order chi connectivity index (χ1) is 19.5. The van der Waals surface area contributed by atoms with Crippen LogP contribution < -0.4 is 22.9 Å². The molecule has 14 N–H and O–H groups in total. The lowest BCUT2D eigenvalue weighted by Crippen LogP contribution is -2.66. The standard InChI is InChI=1S/C14H25N3O9.C6H12N5O2PS2.ClH/c1-3-5(17-12(16)13(23)24)2-4(15)14(25-3)26-11-9(21)7(19)6(18)8(20)10(11)22;1-12-14(15,13-2)16-3-4-9-5(7)11-6(8)10-4;/h3-11,14,18-22H,2,15H2,1H3,(H2,16,17)(H,23,24);3H2,1-2H3,(H4,7,8,9,10,11);1H/t3-,4+,5+,6?,7+,8+,9-,10+,11?,14-;;/m1../s1. The van der Waals surface area contributed by atoms with Crippen LogP contribution in [0.15, 0.2) is 4.99 Å². The van der Waals surface area contributed by atoms with Crippen LogP contribution in [0.2, 0.25) is 0 Å². The van der Waals surface area contributed by atoms with Crippen LogP contribution in [0.25, 0.3) is 0 Å². The number of hydrogen-bond acceptors (Lipinski definition) is 19. The molecule has 0 aromatic carbocycles. The van der Waals surface area contributed by atoms with Crippen LogP contribution in [0, 0.1) is 0 Å². The minimum absolute atomic E-state index is 0. The summed E-state index contributed by atoms with van der Waals surface area (Å²) in [6.45, 7) is 1.59. The molecule has 1 saturated heterocycles. The molecule has 2 fully saturated rings. The normalized spacial score (nSPS) is 33.1. The monoisotopic (exact) mass is 696 g/mol. The highest BCUT2D eigenvalue weighted by Gasteiger charge is 2.51. The van der Waals surface area contributed by atoms with Crippen molar-refractivity contribution in [2.24, 2.45) is 16.5 Å². The highest BCUT2D eigenvalue weighted by molar-refractivity contribution is 8.67. The Morgan fingerprint density at radius 3 is 2.00 bits per heavy atom. The number of anilines is 2. The fourth-order valence-corrected chi connectivity index (χ4v) is 6.55. The highest BCUT2D eigenvalue weighted by Crippen LogP contribution is 2.60. The molecule has 0 bridgehead atoms. The van der Waals surface area contributed by atoms with Crippen LogP contribution in [0.5, 0.6) is 0 Å². The lowest BCUT2D eigenvalue weighted by atomic mass is 9.84. The number of aliphatic imine (C=N–C) groups is 1. The molecule has 1 aromatic rings. The molecule has 19 nitrogen and oxygen atoms in total. The van der Waals surface area contributed by atoms with Gasteiger partial charge in [0.1, 0.15) is 42.4 Å². The second kappa shape index (κ2) is 17.2. The summed E-state index contributed by atoms with van der Waals surface area (Å²) in [4.78, 5) is 26.1. The Bertz CT molecular complexity index is 1110. The van der Waals surface area contributed by atoms with Gasteiger partial charge in [-0.2, -0.15) is 15.0 Å². The van der Waals surface area contributed by atoms with Crippen LogP contribution in [0.4, 0.5) is 11.9 Å². The average molecular weight is 697 g/mol. The molecule has 0 spiro atoms. The zero-order chi connectivity index (χ0) is 31.9. The van der Waals surface area contributed by atoms with Gasteiger partial charge in [0, 0.05) is 14.2 Å². The fourth-order valence-electron chi connectivity index (χ4n) is 3.86. The highest BCUT2D eigenvalue weighted by atomic mass is 35.5. The van der Waals surface area contributed by atoms with Gasteiger partial charge in [-0.1, -0.05) is 11.4 Å². The lowest BCUT2D eigenvalue weighted by molar-refractivity contribution is -0.293. The van der Waals surface area contributed by atoms with Gasteiger partial charge in [-0.15, -0.1) is 12.4 Å². The summed E-state index contributed by atoms with van der Waals surface area (Å²) in [6.07, 6.45) is -11.7. The van der Waals surface area contributed by atoms with Crippen LogP contribution in [0.3, 0.4) is 0 Å². The zero-order valence-electron chi connectivity index (χ0n) is 23.2. The van der Waals surface area contributed by atoms with E-state index in [0.717, 1.165) is 0 Å². The zero-order valence-corrected chi connectivity index (χ0v) is 26.5. The lowest BCUT2D eigenvalue weighted by Gasteiger charge is -2.45. The van der Waals surface area contributed by atoms with Gasteiger partial charge < -0.3 is 72.1 Å². The summed E-state index contributed by atoms with van der Waals surface area (Å²) in [5.41, 5.74) is 19.8. The molecule has 23 heteroatoms. The number of halogens is 1. The Kier molecular flexibility index (Phi) is 15.8. The van der Waals surface area contributed by atoms with Gasteiger partial charge in [0.25, 0.3) is 0 Å². The summed E-state index contributed by atoms with van der Waals surface area (Å²) in [5, 5.41) is 57.8. The van der Waals surface area contributed by atoms with Gasteiger partial charge >= 0.3 is 5.97 Å². The van der Waals surface area contributed by atoms with E-state index in [9.17, 15) is 30.3 Å². The van der Waals surface area contributed by atoms with Crippen molar-refractivity contribution in [1.82, 2.24) is 15.0 Å². The van der Waals surface area contributed by atoms with E-state index in [2.05, 4.69) is 19.9 Å². The van der Waals surface area contributed by atoms with Gasteiger partial charge in [-0.05, 0) is 25.2 Å². The largest absolute Gasteiger partial charge is 0.475 e. The first-order valence-electron chi connectivity index (χ1n) is 12.2. The van der Waals surface area contributed by atoms with Gasteiger partial charge in [0.2, 0.25) is 23.4 Å². The number of amidine groups is 1. The van der Waals surface area contributed by atoms with Crippen molar-refractivity contribution in [3.8, 4) is 0 Å². The number of nitrogens with zero attached hydrogens (tertiary/aromatic N) is 4. The van der Waals surface area contributed by atoms with E-state index in [1.54, 1.807) is 6.92 Å². The van der Waals surface area contributed by atoms with Crippen molar-refractivity contribution in [2.75, 3.05) is 25.7 Å². The molecule has 0 radical (unpaired) electrons. The van der Waals surface area contributed by atoms with E-state index in [4.69, 9.17) is 58.4 Å². The predicted molar refractivity (Wildman–Crippen MR) is 160 cm³/mol. The fraction of sp³-hybridized carbons (Fsp3) is 0.750. The number of carbonyl (C=O) groups is 1. The van der Waals surface area contributed by atoms with E-state index in [1.807, 2.05) is 0 Å². The molecule has 2 unspecified atom stereocenters. The van der Waals surface area contributed by atoms with Gasteiger partial charge in [0.05, 0.1) is 23.9 Å². The molecule has 2 aliphatic rings. The summed E-state index contributed by atoms with van der Waals surface area (Å²) >= 11 is 6.48. The first-order valence-corrected chi connectivity index (χ1v) is 16.4. The Balaban J connectivity index is 0.000000469. The number of ether oxygens (including phenoxy) is 2. The van der Waals surface area contributed by atoms with Crippen molar-refractivity contribution in [3.05, 3.63) is 5.82 Å². The SMILES string of the molecule is COP(=S)(OC)SCc1nc(N)nc(N)n1.C[C@H]1O[C@H](OC2[C@@H](O)[C@@H](O)C(O)[C@H](O)[C@H]2O)[C@@H](N)C[C@@H]1N=C(N)C(=O)O.Cl. The van der Waals surface area contributed by atoms with E-state index >= 15 is 0 Å². The van der Waals surface area contributed by atoms with Crippen LogP contribution >= 0.6 is 29.5 Å². The number of nitrogens with two attached hydrogens (primary N) is 4. The summed E-state index contributed by atoms with van der Waals surface area (Å²) in [5.74, 6) is -0.916. The molecule has 248 valence electrons. The summed E-state index contributed by atoms with van der Waals surface area (Å²) < 4.78 is 21.2. The molecule has 0 amide bonds. The number of aliphatic hydroxyl groups is 5. The number of nitrogen functional groups attached to an aromatic ring is 2. The number of carboxylic acids is 1. The van der Waals surface area contributed by atoms with Crippen molar-refractivity contribution in [3.63, 3.8) is 0 Å². The Morgan fingerprint density at radius 1 is 1.05 bits per heavy atom. The van der Waals surface area contributed by atoms with Crippen molar-refractivity contribution in [2.45, 2.75) is 80.2 Å². The molecular weight excluding hydrogens is 659 g/mol. The first kappa shape index (κ1) is 39.5. The molecule has 2 heterocycles. The maximum Gasteiger partial charge on any atom is 0.370 e. The second-order valence-electron chi connectivity index (χ2n) is 9.10. The number of hydrogen-bond donors (Lipinski definition) is 10. The van der Waals surface area contributed by atoms with Crippen LogP contribution in [-0.2, 0) is 40.9 Å². The second-order valence-corrected chi connectivity index (χ2v) is 15.6. The summed E-state index contributed by atoms with van der Waals surface area (Å²) in [6, 6.07) is -1.46. The van der Waals surface area contributed by atoms with E-state index in [-0.39, 0.29) is 30.7 Å². The topological polar surface area (TPSA) is 330 Å².